The van der Waals surface area contributed by atoms with Crippen LogP contribution in [0.15, 0.2) is 84.9 Å². The largest absolute Gasteiger partial charge is 0.493 e. The van der Waals surface area contributed by atoms with Crippen LogP contribution in [0, 0.1) is 11.3 Å². The molecule has 10 rings (SSSR count). The molecule has 19 nitrogen and oxygen atoms in total. The number of likely N-dealkylation sites (N-methyl/N-ethyl adjacent to an activating group) is 1. The summed E-state index contributed by atoms with van der Waals surface area (Å²) in [5, 5.41) is 20.8. The molecule has 5 aliphatic heterocycles. The third-order valence-electron chi connectivity index (χ3n) is 14.8. The van der Waals surface area contributed by atoms with Crippen LogP contribution in [0.3, 0.4) is 0 Å². The van der Waals surface area contributed by atoms with Crippen molar-refractivity contribution in [1.82, 2.24) is 35.3 Å². The molecular weight excluding hydrogens is 978 g/mol. The number of carbonyl (C=O) groups is 5. The first-order valence-electron chi connectivity index (χ1n) is 25.2. The molecule has 388 valence electrons. The van der Waals surface area contributed by atoms with E-state index in [-0.39, 0.29) is 74.0 Å². The summed E-state index contributed by atoms with van der Waals surface area (Å²) in [6.45, 7) is 8.06. The molecule has 0 saturated carbocycles. The predicted octanol–water partition coefficient (Wildman–Crippen LogP) is 5.98. The zero-order chi connectivity index (χ0) is 52.3. The second-order valence-electron chi connectivity index (χ2n) is 19.5. The highest BCUT2D eigenvalue weighted by atomic mass is 35.5. The number of methoxy groups -OCH3 is 1. The van der Waals surface area contributed by atoms with Crippen molar-refractivity contribution in [2.75, 3.05) is 75.2 Å². The number of nitrogens with zero attached hydrogens (tertiary/aromatic N) is 8. The molecule has 75 heavy (non-hydrogen) atoms. The average Bonchev–Trinajstić information content (AvgIpc) is 3.98. The highest BCUT2D eigenvalue weighted by molar-refractivity contribution is 6.36. The summed E-state index contributed by atoms with van der Waals surface area (Å²) in [4.78, 5) is 84.6. The van der Waals surface area contributed by atoms with E-state index in [4.69, 9.17) is 35.8 Å². The number of nitriles is 1. The topological polar surface area (TPSA) is 215 Å². The number of hydrogen-bond acceptors (Lipinski definition) is 14. The van der Waals surface area contributed by atoms with E-state index in [0.29, 0.717) is 73.8 Å². The fraction of sp³-hybridized carbons (Fsp3) is 0.382. The van der Waals surface area contributed by atoms with Gasteiger partial charge in [0.15, 0.2) is 11.5 Å². The highest BCUT2D eigenvalue weighted by Crippen LogP contribution is 2.38. The lowest BCUT2D eigenvalue weighted by molar-refractivity contribution is -0.137. The molecule has 0 spiro atoms. The lowest BCUT2D eigenvalue weighted by atomic mass is 10.0. The number of benzene rings is 4. The Labute approximate surface area is 439 Å². The van der Waals surface area contributed by atoms with E-state index in [2.05, 4.69) is 68.5 Å². The van der Waals surface area contributed by atoms with Crippen molar-refractivity contribution >= 4 is 69.2 Å². The van der Waals surface area contributed by atoms with Gasteiger partial charge in [-0.3, -0.25) is 24.5 Å². The second kappa shape index (κ2) is 21.9. The van der Waals surface area contributed by atoms with Crippen molar-refractivity contribution in [3.05, 3.63) is 118 Å². The minimum absolute atomic E-state index is 0.0789. The van der Waals surface area contributed by atoms with Gasteiger partial charge in [0.2, 0.25) is 11.8 Å². The van der Waals surface area contributed by atoms with Crippen molar-refractivity contribution in [2.45, 2.75) is 76.3 Å². The van der Waals surface area contributed by atoms with Gasteiger partial charge in [0, 0.05) is 91.3 Å². The number of piperazine rings is 1. The number of nitrogens with one attached hydrogen (secondary N) is 3. The third kappa shape index (κ3) is 10.7. The highest BCUT2D eigenvalue weighted by Gasteiger charge is 2.40. The first kappa shape index (κ1) is 50.6. The van der Waals surface area contributed by atoms with Crippen LogP contribution in [0.2, 0.25) is 5.02 Å². The number of aromatic nitrogens is 2. The molecule has 3 N–H and O–H groups in total. The van der Waals surface area contributed by atoms with E-state index in [1.165, 1.54) is 12.0 Å². The normalized spacial score (nSPS) is 19.5. The fourth-order valence-corrected chi connectivity index (χ4v) is 11.1. The van der Waals surface area contributed by atoms with E-state index in [9.17, 15) is 29.2 Å². The number of ether oxygens (including phenoxy) is 3. The van der Waals surface area contributed by atoms with Gasteiger partial charge in [0.05, 0.1) is 42.9 Å². The number of imide groups is 1. The van der Waals surface area contributed by atoms with Crippen molar-refractivity contribution in [1.29, 1.82) is 5.26 Å². The Morgan fingerprint density at radius 3 is 2.55 bits per heavy atom. The summed E-state index contributed by atoms with van der Waals surface area (Å²) in [6.07, 6.45) is 3.31. The Morgan fingerprint density at radius 1 is 0.920 bits per heavy atom. The molecule has 0 aliphatic carbocycles. The SMILES string of the molecule is C=C(COc1cc(NC(=O)NCc2ccc3c(c2)CN(C2CCC(=O)NC2=O)C3=O)ccc1OC)C(=O)N1CCN(c2nc(OC[C@@H]3CCCN3C)nc3c2CCN(c2cccc4cccc(Cl)c24)C3)C[C@@H]1CC#N. The molecule has 1 aromatic heterocycles. The van der Waals surface area contributed by atoms with E-state index in [0.717, 1.165) is 64.0 Å². The summed E-state index contributed by atoms with van der Waals surface area (Å²) in [6, 6.07) is 23.4. The first-order valence-corrected chi connectivity index (χ1v) is 25.6. The van der Waals surface area contributed by atoms with Gasteiger partial charge in [-0.15, -0.1) is 0 Å². The Balaban J connectivity index is 0.778. The number of rotatable bonds is 15. The Kier molecular flexibility index (Phi) is 14.7. The lowest BCUT2D eigenvalue weighted by Crippen LogP contribution is -2.56. The fourth-order valence-electron chi connectivity index (χ4n) is 10.8. The van der Waals surface area contributed by atoms with Gasteiger partial charge >= 0.3 is 12.0 Å². The number of likely N-dealkylation sites (tertiary alicyclic amines) is 1. The monoisotopic (exact) mass is 1040 g/mol. The number of carbonyl (C=O) groups excluding carboxylic acids is 5. The first-order chi connectivity index (χ1) is 36.3. The van der Waals surface area contributed by atoms with Crippen LogP contribution >= 0.6 is 11.6 Å². The maximum absolute atomic E-state index is 14.2. The number of fused-ring (bicyclic) bond motifs is 3. The van der Waals surface area contributed by atoms with E-state index in [1.807, 2.05) is 24.3 Å². The maximum Gasteiger partial charge on any atom is 0.319 e. The van der Waals surface area contributed by atoms with E-state index >= 15 is 0 Å². The maximum atomic E-state index is 14.2. The minimum Gasteiger partial charge on any atom is -0.493 e. The summed E-state index contributed by atoms with van der Waals surface area (Å²) >= 11 is 6.79. The van der Waals surface area contributed by atoms with Crippen LogP contribution in [-0.2, 0) is 40.4 Å². The number of urea groups is 1. The molecule has 3 saturated heterocycles. The molecule has 4 aromatic carbocycles. The van der Waals surface area contributed by atoms with Gasteiger partial charge in [-0.1, -0.05) is 54.6 Å². The summed E-state index contributed by atoms with van der Waals surface area (Å²) in [7, 11) is 3.59. The van der Waals surface area contributed by atoms with Gasteiger partial charge in [0.25, 0.3) is 11.8 Å². The van der Waals surface area contributed by atoms with Gasteiger partial charge in [0.1, 0.15) is 25.1 Å². The van der Waals surface area contributed by atoms with Crippen LogP contribution in [0.5, 0.6) is 17.5 Å². The van der Waals surface area contributed by atoms with Crippen LogP contribution in [0.1, 0.15) is 64.8 Å². The predicted molar refractivity (Wildman–Crippen MR) is 281 cm³/mol. The van der Waals surface area contributed by atoms with Crippen molar-refractivity contribution < 1.29 is 38.2 Å². The van der Waals surface area contributed by atoms with Crippen LogP contribution in [0.4, 0.5) is 22.0 Å². The molecule has 1 unspecified atom stereocenters. The van der Waals surface area contributed by atoms with Crippen molar-refractivity contribution in [3.63, 3.8) is 0 Å². The molecule has 5 aliphatic rings. The molecule has 5 aromatic rings. The molecule has 3 atom stereocenters. The van der Waals surface area contributed by atoms with E-state index < -0.39 is 24.0 Å². The zero-order valence-electron chi connectivity index (χ0n) is 41.9. The Morgan fingerprint density at radius 2 is 1.76 bits per heavy atom. The molecule has 0 radical (unpaired) electrons. The molecule has 0 bridgehead atoms. The summed E-state index contributed by atoms with van der Waals surface area (Å²) in [5.74, 6) is -0.0739. The summed E-state index contributed by atoms with van der Waals surface area (Å²) in [5.41, 5.74) is 5.41. The van der Waals surface area contributed by atoms with Crippen molar-refractivity contribution in [3.8, 4) is 23.6 Å². The standard InChI is InChI=1S/C55H58ClN11O8/c1-33(31-74-47-26-37(13-16-46(47)73-3)59-54(72)58-27-34-12-14-40-36(25-34)28-67(53(40)71)45-15-17-48(68)61-51(45)69)52(70)66-24-23-65(29-38(66)18-20-57)50-41-19-22-64(44-11-5-8-35-7-4-10-42(56)49(35)44)30-43(41)60-55(62-50)75-32-39-9-6-21-63(39)2/h4-5,7-8,10-14,16,25-26,38-39,45H,1,6,9,15,17-19,21-24,27-32H2,2-3H3,(H2,58,59,72)(H,61,68,69)/t38-,39-,45?/m0/s1. The number of anilines is 3. The Bertz CT molecular complexity index is 3140. The lowest BCUT2D eigenvalue weighted by Gasteiger charge is -2.42. The molecule has 3 fully saturated rings. The van der Waals surface area contributed by atoms with Gasteiger partial charge < -0.3 is 49.3 Å². The van der Waals surface area contributed by atoms with Crippen molar-refractivity contribution in [2.24, 2.45) is 0 Å². The minimum atomic E-state index is -0.723. The van der Waals surface area contributed by atoms with Crippen LogP contribution < -0.4 is 40.0 Å². The van der Waals surface area contributed by atoms with Crippen LogP contribution in [0.25, 0.3) is 10.8 Å². The summed E-state index contributed by atoms with van der Waals surface area (Å²) < 4.78 is 18.1. The number of halogens is 1. The molecule has 6 amide bonds. The zero-order valence-corrected chi connectivity index (χ0v) is 42.7. The number of amides is 6. The number of piperidine rings is 1. The Hall–Kier alpha value is -7.95. The third-order valence-corrected chi connectivity index (χ3v) is 15.1. The van der Waals surface area contributed by atoms with E-state index in [1.54, 1.807) is 35.2 Å². The average molecular weight is 1040 g/mol. The smallest absolute Gasteiger partial charge is 0.319 e. The quantitative estimate of drug-likeness (QED) is 0.0814. The van der Waals surface area contributed by atoms with Gasteiger partial charge in [-0.25, -0.2) is 4.79 Å². The number of hydrogen-bond donors (Lipinski definition) is 3. The molecular formula is C55H58ClN11O8. The van der Waals surface area contributed by atoms with Gasteiger partial charge in [-0.05, 0) is 86.1 Å². The second-order valence-corrected chi connectivity index (χ2v) is 20.0. The molecule has 6 heterocycles. The van der Waals surface area contributed by atoms with Crippen LogP contribution in [-0.4, -0.2) is 133 Å². The van der Waals surface area contributed by atoms with Gasteiger partial charge in [-0.2, -0.15) is 15.2 Å². The molecule has 20 heteroatoms.